The molecule has 0 atom stereocenters. The van der Waals surface area contributed by atoms with E-state index in [4.69, 9.17) is 5.11 Å². The summed E-state index contributed by atoms with van der Waals surface area (Å²) in [5.74, 6) is -0.0498. The van der Waals surface area contributed by atoms with Crippen molar-refractivity contribution in [2.75, 3.05) is 13.2 Å². The lowest BCUT2D eigenvalue weighted by Gasteiger charge is -2.21. The van der Waals surface area contributed by atoms with Gasteiger partial charge >= 0.3 is 0 Å². The topological polar surface area (TPSA) is 49.3 Å². The Hall–Kier alpha value is -0.870. The predicted octanol–water partition coefficient (Wildman–Crippen LogP) is 2.06. The molecule has 3 nitrogen and oxygen atoms in total. The van der Waals surface area contributed by atoms with Gasteiger partial charge in [0.1, 0.15) is 0 Å². The number of carbonyl (C=O) groups is 1. The molecule has 0 unspecified atom stereocenters. The zero-order chi connectivity index (χ0) is 12.2. The fourth-order valence-electron chi connectivity index (χ4n) is 1.15. The van der Waals surface area contributed by atoms with Crippen LogP contribution in [0.1, 0.15) is 35.3 Å². The lowest BCUT2D eigenvalue weighted by Crippen LogP contribution is -2.35. The van der Waals surface area contributed by atoms with Crippen LogP contribution in [0.5, 0.6) is 0 Å². The van der Waals surface area contributed by atoms with Crippen LogP contribution in [-0.2, 0) is 6.42 Å². The molecular formula is C12H19NO2S. The summed E-state index contributed by atoms with van der Waals surface area (Å²) in [4.78, 5) is 13.7. The molecule has 0 aliphatic carbocycles. The number of hydrogen-bond donors (Lipinski definition) is 2. The second kappa shape index (κ2) is 5.46. The molecule has 1 heterocycles. The molecule has 0 aliphatic rings. The van der Waals surface area contributed by atoms with E-state index < -0.39 is 0 Å². The first-order valence-electron chi connectivity index (χ1n) is 5.46. The van der Waals surface area contributed by atoms with E-state index in [9.17, 15) is 4.79 Å². The summed E-state index contributed by atoms with van der Waals surface area (Å²) in [6.07, 6.45) is 0.958. The molecule has 0 spiro atoms. The third kappa shape index (κ3) is 3.61. The van der Waals surface area contributed by atoms with Crippen molar-refractivity contribution < 1.29 is 9.90 Å². The summed E-state index contributed by atoms with van der Waals surface area (Å²) in [6, 6.07) is 3.83. The molecule has 1 aromatic rings. The summed E-state index contributed by atoms with van der Waals surface area (Å²) in [6.45, 7) is 6.46. The quantitative estimate of drug-likeness (QED) is 0.829. The van der Waals surface area contributed by atoms with Gasteiger partial charge in [0.15, 0.2) is 0 Å². The van der Waals surface area contributed by atoms with Crippen molar-refractivity contribution in [3.63, 3.8) is 0 Å². The maximum Gasteiger partial charge on any atom is 0.261 e. The van der Waals surface area contributed by atoms with Gasteiger partial charge in [-0.3, -0.25) is 4.79 Å². The van der Waals surface area contributed by atoms with Crippen molar-refractivity contribution in [3.8, 4) is 0 Å². The Morgan fingerprint density at radius 2 is 2.19 bits per heavy atom. The Morgan fingerprint density at radius 1 is 1.50 bits per heavy atom. The number of rotatable bonds is 5. The average molecular weight is 241 g/mol. The standard InChI is InChI=1S/C12H19NO2S/c1-4-9-5-6-10(16-9)11(15)13-7-12(2,3)8-14/h5-6,14H,4,7-8H2,1-3H3,(H,13,15). The molecule has 1 rings (SSSR count). The number of thiophene rings is 1. The van der Waals surface area contributed by atoms with Gasteiger partial charge in [0.25, 0.3) is 5.91 Å². The molecule has 0 bridgehead atoms. The predicted molar refractivity (Wildman–Crippen MR) is 66.9 cm³/mol. The maximum atomic E-state index is 11.8. The number of amides is 1. The molecule has 0 fully saturated rings. The molecule has 0 saturated carbocycles. The smallest absolute Gasteiger partial charge is 0.261 e. The molecule has 4 heteroatoms. The largest absolute Gasteiger partial charge is 0.396 e. The minimum atomic E-state index is -0.263. The second-order valence-corrected chi connectivity index (χ2v) is 5.79. The van der Waals surface area contributed by atoms with Gasteiger partial charge in [-0.1, -0.05) is 20.8 Å². The van der Waals surface area contributed by atoms with Crippen LogP contribution in [0.3, 0.4) is 0 Å². The fraction of sp³-hybridized carbons (Fsp3) is 0.583. The van der Waals surface area contributed by atoms with E-state index in [0.29, 0.717) is 6.54 Å². The van der Waals surface area contributed by atoms with Crippen molar-refractivity contribution >= 4 is 17.2 Å². The molecule has 90 valence electrons. The van der Waals surface area contributed by atoms with Gasteiger partial charge in [0.05, 0.1) is 4.88 Å². The van der Waals surface area contributed by atoms with Gasteiger partial charge in [-0.15, -0.1) is 11.3 Å². The van der Waals surface area contributed by atoms with Crippen LogP contribution in [0, 0.1) is 5.41 Å². The Morgan fingerprint density at radius 3 is 2.69 bits per heavy atom. The highest BCUT2D eigenvalue weighted by Crippen LogP contribution is 2.17. The summed E-state index contributed by atoms with van der Waals surface area (Å²) in [5.41, 5.74) is -0.263. The molecule has 2 N–H and O–H groups in total. The van der Waals surface area contributed by atoms with Crippen molar-refractivity contribution in [3.05, 3.63) is 21.9 Å². The lowest BCUT2D eigenvalue weighted by molar-refractivity contribution is 0.0915. The van der Waals surface area contributed by atoms with Crippen LogP contribution >= 0.6 is 11.3 Å². The minimum absolute atomic E-state index is 0.0498. The highest BCUT2D eigenvalue weighted by atomic mass is 32.1. The van der Waals surface area contributed by atoms with Crippen molar-refractivity contribution in [1.29, 1.82) is 0 Å². The number of hydrogen-bond acceptors (Lipinski definition) is 3. The first-order chi connectivity index (χ1) is 7.48. The van der Waals surface area contributed by atoms with Gasteiger partial charge < -0.3 is 10.4 Å². The third-order valence-corrected chi connectivity index (χ3v) is 3.62. The van der Waals surface area contributed by atoms with Gasteiger partial charge in [-0.05, 0) is 18.6 Å². The van der Waals surface area contributed by atoms with Crippen LogP contribution in [0.2, 0.25) is 0 Å². The Balaban J connectivity index is 2.53. The maximum absolute atomic E-state index is 11.8. The van der Waals surface area contributed by atoms with E-state index in [1.165, 1.54) is 16.2 Å². The van der Waals surface area contributed by atoms with E-state index in [1.54, 1.807) is 0 Å². The molecular weight excluding hydrogens is 222 g/mol. The summed E-state index contributed by atoms with van der Waals surface area (Å²) >= 11 is 1.52. The Labute approximate surface area is 100 Å². The van der Waals surface area contributed by atoms with E-state index in [2.05, 4.69) is 12.2 Å². The van der Waals surface area contributed by atoms with Gasteiger partial charge in [-0.2, -0.15) is 0 Å². The second-order valence-electron chi connectivity index (χ2n) is 4.62. The Kier molecular flexibility index (Phi) is 4.50. The van der Waals surface area contributed by atoms with Gasteiger partial charge in [0, 0.05) is 23.4 Å². The van der Waals surface area contributed by atoms with Gasteiger partial charge in [-0.25, -0.2) is 0 Å². The molecule has 1 aromatic heterocycles. The first kappa shape index (κ1) is 13.2. The zero-order valence-corrected chi connectivity index (χ0v) is 10.9. The summed E-state index contributed by atoms with van der Waals surface area (Å²) in [5, 5.41) is 11.9. The van der Waals surface area contributed by atoms with Crippen LogP contribution in [0.15, 0.2) is 12.1 Å². The summed E-state index contributed by atoms with van der Waals surface area (Å²) < 4.78 is 0. The zero-order valence-electron chi connectivity index (χ0n) is 10.0. The number of aryl methyl sites for hydroxylation is 1. The van der Waals surface area contributed by atoms with Crippen LogP contribution < -0.4 is 5.32 Å². The van der Waals surface area contributed by atoms with Crippen LogP contribution in [0.25, 0.3) is 0 Å². The van der Waals surface area contributed by atoms with Gasteiger partial charge in [0.2, 0.25) is 0 Å². The molecule has 0 radical (unpaired) electrons. The van der Waals surface area contributed by atoms with Crippen molar-refractivity contribution in [2.45, 2.75) is 27.2 Å². The summed E-state index contributed by atoms with van der Waals surface area (Å²) in [7, 11) is 0. The van der Waals surface area contributed by atoms with E-state index in [1.807, 2.05) is 26.0 Å². The van der Waals surface area contributed by atoms with E-state index in [-0.39, 0.29) is 17.9 Å². The monoisotopic (exact) mass is 241 g/mol. The van der Waals surface area contributed by atoms with Crippen molar-refractivity contribution in [1.82, 2.24) is 5.32 Å². The number of carbonyl (C=O) groups excluding carboxylic acids is 1. The minimum Gasteiger partial charge on any atom is -0.396 e. The molecule has 0 aromatic carbocycles. The van der Waals surface area contributed by atoms with Crippen LogP contribution in [0.4, 0.5) is 0 Å². The molecule has 1 amide bonds. The van der Waals surface area contributed by atoms with E-state index >= 15 is 0 Å². The lowest BCUT2D eigenvalue weighted by atomic mass is 9.95. The molecule has 16 heavy (non-hydrogen) atoms. The van der Waals surface area contributed by atoms with E-state index in [0.717, 1.165) is 11.3 Å². The number of nitrogens with one attached hydrogen (secondary N) is 1. The number of aliphatic hydroxyl groups excluding tert-OH is 1. The fourth-order valence-corrected chi connectivity index (χ4v) is 2.02. The number of aliphatic hydroxyl groups is 1. The first-order valence-corrected chi connectivity index (χ1v) is 6.28. The average Bonchev–Trinajstić information content (AvgIpc) is 2.74. The highest BCUT2D eigenvalue weighted by molar-refractivity contribution is 7.14. The normalized spacial score (nSPS) is 11.5. The van der Waals surface area contributed by atoms with Crippen molar-refractivity contribution in [2.24, 2.45) is 5.41 Å². The third-order valence-electron chi connectivity index (χ3n) is 2.39. The molecule has 0 aliphatic heterocycles. The Bertz CT molecular complexity index is 358. The molecule has 0 saturated heterocycles. The SMILES string of the molecule is CCc1ccc(C(=O)NCC(C)(C)CO)s1. The van der Waals surface area contributed by atoms with Crippen LogP contribution in [-0.4, -0.2) is 24.2 Å². The highest BCUT2D eigenvalue weighted by Gasteiger charge is 2.18.